The average Bonchev–Trinajstić information content (AvgIpc) is 2.55. The predicted octanol–water partition coefficient (Wildman–Crippen LogP) is 0.670. The van der Waals surface area contributed by atoms with Crippen LogP contribution in [-0.4, -0.2) is 31.4 Å². The van der Waals surface area contributed by atoms with Gasteiger partial charge in [0.2, 0.25) is 5.91 Å². The van der Waals surface area contributed by atoms with Gasteiger partial charge in [-0.3, -0.25) is 9.59 Å². The molecule has 2 rings (SSSR count). The van der Waals surface area contributed by atoms with E-state index in [1.165, 1.54) is 4.90 Å². The summed E-state index contributed by atoms with van der Waals surface area (Å²) in [5.74, 6) is 0.362. The van der Waals surface area contributed by atoms with Crippen molar-refractivity contribution in [3.63, 3.8) is 0 Å². The van der Waals surface area contributed by atoms with Gasteiger partial charge in [0.1, 0.15) is 0 Å². The SMILES string of the molecule is CC(C)C[C@@H](NC(=O)C[NH+]1CCC(C(N)=O)CC1)c1ccccc1. The molecule has 5 heteroatoms. The third-order valence-electron chi connectivity index (χ3n) is 4.75. The van der Waals surface area contributed by atoms with Gasteiger partial charge in [0.05, 0.1) is 19.1 Å². The van der Waals surface area contributed by atoms with Crippen LogP contribution in [0.3, 0.4) is 0 Å². The van der Waals surface area contributed by atoms with E-state index < -0.39 is 0 Å². The maximum atomic E-state index is 12.5. The lowest BCUT2D eigenvalue weighted by atomic mass is 9.96. The summed E-state index contributed by atoms with van der Waals surface area (Å²) in [6.07, 6.45) is 2.49. The van der Waals surface area contributed by atoms with Crippen LogP contribution < -0.4 is 16.0 Å². The van der Waals surface area contributed by atoms with Crippen molar-refractivity contribution in [3.05, 3.63) is 35.9 Å². The van der Waals surface area contributed by atoms with Crippen LogP contribution in [0.5, 0.6) is 0 Å². The highest BCUT2D eigenvalue weighted by atomic mass is 16.2. The molecule has 0 bridgehead atoms. The lowest BCUT2D eigenvalue weighted by Gasteiger charge is -2.28. The molecule has 0 aliphatic carbocycles. The second-order valence-corrected chi connectivity index (χ2v) is 7.26. The lowest BCUT2D eigenvalue weighted by Crippen LogP contribution is -3.14. The van der Waals surface area contributed by atoms with Crippen LogP contribution in [0.1, 0.15) is 44.7 Å². The summed E-state index contributed by atoms with van der Waals surface area (Å²) in [6.45, 7) is 6.47. The van der Waals surface area contributed by atoms with Crippen molar-refractivity contribution >= 4 is 11.8 Å². The van der Waals surface area contributed by atoms with Crippen LogP contribution in [0.4, 0.5) is 0 Å². The van der Waals surface area contributed by atoms with Gasteiger partial charge in [0.25, 0.3) is 5.91 Å². The van der Waals surface area contributed by atoms with Crippen LogP contribution in [0.2, 0.25) is 0 Å². The average molecular weight is 332 g/mol. The normalized spacial score (nSPS) is 22.1. The second kappa shape index (κ2) is 8.83. The Balaban J connectivity index is 1.88. The molecule has 2 amide bonds. The Hall–Kier alpha value is -1.88. The Bertz CT molecular complexity index is 537. The molecule has 1 aromatic carbocycles. The summed E-state index contributed by atoms with van der Waals surface area (Å²) in [4.78, 5) is 24.9. The van der Waals surface area contributed by atoms with Crippen LogP contribution in [0, 0.1) is 11.8 Å². The maximum absolute atomic E-state index is 12.5. The summed E-state index contributed by atoms with van der Waals surface area (Å²) < 4.78 is 0. The minimum Gasteiger partial charge on any atom is -0.369 e. The fraction of sp³-hybridized carbons (Fsp3) is 0.579. The van der Waals surface area contributed by atoms with E-state index in [2.05, 4.69) is 31.3 Å². The van der Waals surface area contributed by atoms with E-state index in [4.69, 9.17) is 5.73 Å². The van der Waals surface area contributed by atoms with Crippen molar-refractivity contribution in [1.29, 1.82) is 0 Å². The molecular weight excluding hydrogens is 302 g/mol. The number of carbonyl (C=O) groups is 2. The highest BCUT2D eigenvalue weighted by Gasteiger charge is 2.27. The zero-order valence-electron chi connectivity index (χ0n) is 14.8. The summed E-state index contributed by atoms with van der Waals surface area (Å²) in [5.41, 5.74) is 6.52. The summed E-state index contributed by atoms with van der Waals surface area (Å²) in [5, 5.41) is 3.19. The molecule has 1 aliphatic heterocycles. The van der Waals surface area contributed by atoms with Crippen LogP contribution in [0.25, 0.3) is 0 Å². The Labute approximate surface area is 144 Å². The summed E-state index contributed by atoms with van der Waals surface area (Å²) in [6, 6.07) is 10.2. The topological polar surface area (TPSA) is 76.6 Å². The van der Waals surface area contributed by atoms with Crippen molar-refractivity contribution in [2.75, 3.05) is 19.6 Å². The number of amides is 2. The number of nitrogens with one attached hydrogen (secondary N) is 2. The first-order chi connectivity index (χ1) is 11.5. The first-order valence-corrected chi connectivity index (χ1v) is 8.93. The van der Waals surface area contributed by atoms with Gasteiger partial charge in [-0.05, 0) is 17.9 Å². The Morgan fingerprint density at radius 2 is 1.83 bits per heavy atom. The number of benzene rings is 1. The van der Waals surface area contributed by atoms with Crippen LogP contribution in [-0.2, 0) is 9.59 Å². The van der Waals surface area contributed by atoms with Crippen molar-refractivity contribution in [3.8, 4) is 0 Å². The van der Waals surface area contributed by atoms with Crippen molar-refractivity contribution in [1.82, 2.24) is 5.32 Å². The number of likely N-dealkylation sites (tertiary alicyclic amines) is 1. The van der Waals surface area contributed by atoms with Crippen molar-refractivity contribution in [2.24, 2.45) is 17.6 Å². The van der Waals surface area contributed by atoms with Gasteiger partial charge in [-0.1, -0.05) is 44.2 Å². The molecule has 0 aromatic heterocycles. The molecule has 0 spiro atoms. The molecule has 4 N–H and O–H groups in total. The van der Waals surface area contributed by atoms with Gasteiger partial charge in [-0.15, -0.1) is 0 Å². The number of hydrogen-bond donors (Lipinski definition) is 3. The summed E-state index contributed by atoms with van der Waals surface area (Å²) >= 11 is 0. The molecule has 1 heterocycles. The van der Waals surface area contributed by atoms with Crippen LogP contribution in [0.15, 0.2) is 30.3 Å². The number of rotatable bonds is 7. The first-order valence-electron chi connectivity index (χ1n) is 8.93. The molecule has 132 valence electrons. The number of piperidine rings is 1. The van der Waals surface area contributed by atoms with E-state index in [1.807, 2.05) is 18.2 Å². The van der Waals surface area contributed by atoms with Crippen molar-refractivity contribution in [2.45, 2.75) is 39.2 Å². The molecule has 1 aliphatic rings. The first kappa shape index (κ1) is 18.5. The zero-order valence-corrected chi connectivity index (χ0v) is 14.8. The Morgan fingerprint density at radius 3 is 2.38 bits per heavy atom. The molecule has 0 saturated carbocycles. The van der Waals surface area contributed by atoms with E-state index >= 15 is 0 Å². The smallest absolute Gasteiger partial charge is 0.275 e. The quantitative estimate of drug-likeness (QED) is 0.686. The Kier molecular flexibility index (Phi) is 6.79. The fourth-order valence-electron chi connectivity index (χ4n) is 3.39. The molecular formula is C19H30N3O2+. The van der Waals surface area contributed by atoms with Crippen molar-refractivity contribution < 1.29 is 14.5 Å². The molecule has 1 fully saturated rings. The molecule has 0 unspecified atom stereocenters. The van der Waals surface area contributed by atoms with Gasteiger partial charge < -0.3 is 16.0 Å². The highest BCUT2D eigenvalue weighted by Crippen LogP contribution is 2.20. The summed E-state index contributed by atoms with van der Waals surface area (Å²) in [7, 11) is 0. The standard InChI is InChI=1S/C19H29N3O2/c1-14(2)12-17(15-6-4-3-5-7-15)21-18(23)13-22-10-8-16(9-11-22)19(20)24/h3-7,14,16-17H,8-13H2,1-2H3,(H2,20,24)(H,21,23)/p+1/t17-/m1/s1. The lowest BCUT2D eigenvalue weighted by molar-refractivity contribution is -0.897. The Morgan fingerprint density at radius 1 is 1.21 bits per heavy atom. The zero-order chi connectivity index (χ0) is 17.5. The number of hydrogen-bond acceptors (Lipinski definition) is 2. The van der Waals surface area contributed by atoms with E-state index in [-0.39, 0.29) is 23.8 Å². The minimum atomic E-state index is -0.209. The molecule has 24 heavy (non-hydrogen) atoms. The number of quaternary nitrogens is 1. The van der Waals surface area contributed by atoms with Gasteiger partial charge in [-0.25, -0.2) is 0 Å². The molecule has 1 atom stereocenters. The predicted molar refractivity (Wildman–Crippen MR) is 94.3 cm³/mol. The third-order valence-corrected chi connectivity index (χ3v) is 4.75. The monoisotopic (exact) mass is 332 g/mol. The van der Waals surface area contributed by atoms with E-state index in [0.717, 1.165) is 37.9 Å². The number of nitrogens with two attached hydrogens (primary N) is 1. The number of carbonyl (C=O) groups excluding carboxylic acids is 2. The van der Waals surface area contributed by atoms with E-state index in [0.29, 0.717) is 12.5 Å². The molecule has 5 nitrogen and oxygen atoms in total. The van der Waals surface area contributed by atoms with Gasteiger partial charge in [0, 0.05) is 18.8 Å². The highest BCUT2D eigenvalue weighted by molar-refractivity contribution is 5.77. The second-order valence-electron chi connectivity index (χ2n) is 7.26. The van der Waals surface area contributed by atoms with Crippen LogP contribution >= 0.6 is 0 Å². The molecule has 0 radical (unpaired) electrons. The minimum absolute atomic E-state index is 0.0187. The van der Waals surface area contributed by atoms with E-state index in [1.54, 1.807) is 0 Å². The largest absolute Gasteiger partial charge is 0.369 e. The number of primary amides is 1. The molecule has 1 aromatic rings. The van der Waals surface area contributed by atoms with Gasteiger partial charge >= 0.3 is 0 Å². The maximum Gasteiger partial charge on any atom is 0.275 e. The van der Waals surface area contributed by atoms with Gasteiger partial charge in [0.15, 0.2) is 6.54 Å². The third kappa shape index (κ3) is 5.64. The van der Waals surface area contributed by atoms with E-state index in [9.17, 15) is 9.59 Å². The molecule has 1 saturated heterocycles. The van der Waals surface area contributed by atoms with Gasteiger partial charge in [-0.2, -0.15) is 0 Å². The fourth-order valence-corrected chi connectivity index (χ4v) is 3.39.